The lowest BCUT2D eigenvalue weighted by Crippen LogP contribution is -2.15. The molecule has 0 fully saturated rings. The van der Waals surface area contributed by atoms with Gasteiger partial charge in [0, 0.05) is 38.2 Å². The van der Waals surface area contributed by atoms with Crippen LogP contribution in [0.15, 0.2) is 42.7 Å². The summed E-state index contributed by atoms with van der Waals surface area (Å²) in [6.45, 7) is 6.36. The molecule has 0 aliphatic rings. The van der Waals surface area contributed by atoms with Gasteiger partial charge in [-0.3, -0.25) is 0 Å². The second-order valence-corrected chi connectivity index (χ2v) is 4.71. The van der Waals surface area contributed by atoms with E-state index in [1.807, 2.05) is 0 Å². The Morgan fingerprint density at radius 3 is 2.26 bits per heavy atom. The summed E-state index contributed by atoms with van der Waals surface area (Å²) < 4.78 is 2.18. The highest BCUT2D eigenvalue weighted by Gasteiger charge is 1.96. The molecule has 0 N–H and O–H groups in total. The van der Waals surface area contributed by atoms with Crippen LogP contribution < -0.4 is 4.90 Å². The van der Waals surface area contributed by atoms with Crippen LogP contribution >= 0.6 is 0 Å². The molecule has 1 aromatic carbocycles. The monoisotopic (exact) mass is 254 g/mol. The summed E-state index contributed by atoms with van der Waals surface area (Å²) in [6.07, 6.45) is 8.59. The van der Waals surface area contributed by atoms with Crippen molar-refractivity contribution in [3.63, 3.8) is 0 Å². The fourth-order valence-corrected chi connectivity index (χ4v) is 1.97. The number of anilines is 1. The van der Waals surface area contributed by atoms with Gasteiger partial charge in [0.25, 0.3) is 0 Å². The lowest BCUT2D eigenvalue weighted by atomic mass is 10.1. The Hall–Kier alpha value is -1.96. The van der Waals surface area contributed by atoms with Crippen LogP contribution in [0.5, 0.6) is 0 Å². The van der Waals surface area contributed by atoms with Crippen molar-refractivity contribution in [3.8, 4) is 0 Å². The van der Waals surface area contributed by atoms with Crippen molar-refractivity contribution >= 4 is 17.8 Å². The molecule has 0 saturated carbocycles. The minimum atomic E-state index is 1.02. The summed E-state index contributed by atoms with van der Waals surface area (Å²) in [5.41, 5.74) is 3.74. The van der Waals surface area contributed by atoms with E-state index in [2.05, 4.69) is 85.2 Å². The Morgan fingerprint density at radius 2 is 1.68 bits per heavy atom. The van der Waals surface area contributed by atoms with E-state index in [4.69, 9.17) is 0 Å². The van der Waals surface area contributed by atoms with E-state index in [9.17, 15) is 0 Å². The summed E-state index contributed by atoms with van der Waals surface area (Å²) >= 11 is 0. The van der Waals surface area contributed by atoms with Crippen molar-refractivity contribution in [1.82, 2.24) is 4.57 Å². The number of aromatic nitrogens is 1. The van der Waals surface area contributed by atoms with E-state index < -0.39 is 0 Å². The zero-order valence-corrected chi connectivity index (χ0v) is 12.0. The third-order valence-electron chi connectivity index (χ3n) is 3.41. The molecule has 0 radical (unpaired) electrons. The molecule has 0 spiro atoms. The average molecular weight is 254 g/mol. The molecule has 0 saturated heterocycles. The lowest BCUT2D eigenvalue weighted by Gasteiger charge is -2.16. The maximum atomic E-state index is 2.23. The Bertz CT molecular complexity index is 535. The van der Waals surface area contributed by atoms with Crippen molar-refractivity contribution in [2.75, 3.05) is 18.5 Å². The van der Waals surface area contributed by atoms with Crippen molar-refractivity contribution in [2.24, 2.45) is 0 Å². The lowest BCUT2D eigenvalue weighted by molar-refractivity contribution is 0.769. The van der Waals surface area contributed by atoms with E-state index >= 15 is 0 Å². The van der Waals surface area contributed by atoms with Gasteiger partial charge >= 0.3 is 0 Å². The highest BCUT2D eigenvalue weighted by atomic mass is 15.1. The predicted molar refractivity (Wildman–Crippen MR) is 84.4 cm³/mol. The minimum Gasteiger partial charge on any atom is -0.375 e. The molecule has 1 aromatic heterocycles. The molecule has 0 amide bonds. The maximum absolute atomic E-state index is 2.23. The molecular weight excluding hydrogens is 232 g/mol. The Kier molecular flexibility index (Phi) is 4.45. The smallest absolute Gasteiger partial charge is 0.0363 e. The fraction of sp³-hybridized carbons (Fsp3) is 0.294. The van der Waals surface area contributed by atoms with Crippen molar-refractivity contribution < 1.29 is 0 Å². The quantitative estimate of drug-likeness (QED) is 0.778. The summed E-state index contributed by atoms with van der Waals surface area (Å²) in [7, 11) is 2.11. The zero-order valence-electron chi connectivity index (χ0n) is 12.0. The first-order chi connectivity index (χ1) is 9.22. The van der Waals surface area contributed by atoms with Crippen molar-refractivity contribution in [1.29, 1.82) is 0 Å². The first-order valence-corrected chi connectivity index (χ1v) is 6.88. The molecule has 0 unspecified atom stereocenters. The summed E-state index contributed by atoms with van der Waals surface area (Å²) in [6, 6.07) is 10.8. The standard InChI is InChI=1S/C17H22N2/c1-4-18(3)17-10-8-15(9-11-17)6-7-16-12-13-19(5-2)14-16/h6-14H,4-5H2,1-3H3/b7-6+. The number of aryl methyl sites for hydroxylation is 1. The number of hydrogen-bond donors (Lipinski definition) is 0. The zero-order chi connectivity index (χ0) is 13.7. The Labute approximate surface area is 116 Å². The third-order valence-corrected chi connectivity index (χ3v) is 3.41. The van der Waals surface area contributed by atoms with Gasteiger partial charge in [-0.25, -0.2) is 0 Å². The van der Waals surface area contributed by atoms with Gasteiger partial charge in [-0.2, -0.15) is 0 Å². The molecule has 0 aliphatic carbocycles. The number of benzene rings is 1. The maximum Gasteiger partial charge on any atom is 0.0363 e. The van der Waals surface area contributed by atoms with Crippen LogP contribution in [0.1, 0.15) is 25.0 Å². The summed E-state index contributed by atoms with van der Waals surface area (Å²) in [5, 5.41) is 0. The van der Waals surface area contributed by atoms with Crippen LogP contribution in [0.4, 0.5) is 5.69 Å². The molecule has 2 nitrogen and oxygen atoms in total. The largest absolute Gasteiger partial charge is 0.375 e. The van der Waals surface area contributed by atoms with Gasteiger partial charge < -0.3 is 9.47 Å². The van der Waals surface area contributed by atoms with Crippen LogP contribution in [0.25, 0.3) is 12.2 Å². The Balaban J connectivity index is 2.06. The van der Waals surface area contributed by atoms with Crippen LogP contribution in [0.3, 0.4) is 0 Å². The van der Waals surface area contributed by atoms with Crippen LogP contribution in [-0.2, 0) is 6.54 Å². The molecule has 19 heavy (non-hydrogen) atoms. The number of hydrogen-bond acceptors (Lipinski definition) is 1. The molecule has 2 heteroatoms. The average Bonchev–Trinajstić information content (AvgIpc) is 2.93. The van der Waals surface area contributed by atoms with E-state index in [1.165, 1.54) is 16.8 Å². The van der Waals surface area contributed by atoms with Crippen LogP contribution in [0.2, 0.25) is 0 Å². The molecule has 0 aliphatic heterocycles. The van der Waals surface area contributed by atoms with E-state index in [-0.39, 0.29) is 0 Å². The highest BCUT2D eigenvalue weighted by molar-refractivity contribution is 5.70. The van der Waals surface area contributed by atoms with Crippen LogP contribution in [0, 0.1) is 0 Å². The van der Waals surface area contributed by atoms with Crippen molar-refractivity contribution in [3.05, 3.63) is 53.9 Å². The van der Waals surface area contributed by atoms with Gasteiger partial charge in [0.2, 0.25) is 0 Å². The van der Waals surface area contributed by atoms with Gasteiger partial charge in [-0.15, -0.1) is 0 Å². The second kappa shape index (κ2) is 6.28. The van der Waals surface area contributed by atoms with E-state index in [1.54, 1.807) is 0 Å². The molecular formula is C17H22N2. The van der Waals surface area contributed by atoms with E-state index in [0.717, 1.165) is 13.1 Å². The van der Waals surface area contributed by atoms with Gasteiger partial charge in [0.05, 0.1) is 0 Å². The van der Waals surface area contributed by atoms with Gasteiger partial charge in [-0.1, -0.05) is 24.3 Å². The van der Waals surface area contributed by atoms with E-state index in [0.29, 0.717) is 0 Å². The minimum absolute atomic E-state index is 1.02. The molecule has 0 atom stereocenters. The van der Waals surface area contributed by atoms with Crippen molar-refractivity contribution in [2.45, 2.75) is 20.4 Å². The third kappa shape index (κ3) is 3.50. The first-order valence-electron chi connectivity index (χ1n) is 6.88. The molecule has 0 bridgehead atoms. The normalized spacial score (nSPS) is 11.1. The van der Waals surface area contributed by atoms with Crippen LogP contribution in [-0.4, -0.2) is 18.2 Å². The molecule has 1 heterocycles. The summed E-state index contributed by atoms with van der Waals surface area (Å²) in [5.74, 6) is 0. The second-order valence-electron chi connectivity index (χ2n) is 4.71. The topological polar surface area (TPSA) is 8.17 Å². The van der Waals surface area contributed by atoms with Gasteiger partial charge in [0.1, 0.15) is 0 Å². The number of nitrogens with zero attached hydrogens (tertiary/aromatic N) is 2. The molecule has 2 aromatic rings. The molecule has 100 valence electrons. The fourth-order valence-electron chi connectivity index (χ4n) is 1.97. The predicted octanol–water partition coefficient (Wildman–Crippen LogP) is 4.13. The number of rotatable bonds is 5. The van der Waals surface area contributed by atoms with Gasteiger partial charge in [-0.05, 0) is 43.2 Å². The Morgan fingerprint density at radius 1 is 1.00 bits per heavy atom. The molecule has 2 rings (SSSR count). The summed E-state index contributed by atoms with van der Waals surface area (Å²) in [4.78, 5) is 2.23. The first kappa shape index (κ1) is 13.5. The van der Waals surface area contributed by atoms with Gasteiger partial charge in [0.15, 0.2) is 0 Å². The SMILES string of the molecule is CCN(C)c1ccc(/C=C/c2ccn(CC)c2)cc1. The highest BCUT2D eigenvalue weighted by Crippen LogP contribution is 2.15.